The van der Waals surface area contributed by atoms with Gasteiger partial charge < -0.3 is 0 Å². The molecule has 0 spiro atoms. The van der Waals surface area contributed by atoms with Crippen molar-refractivity contribution in [3.63, 3.8) is 0 Å². The van der Waals surface area contributed by atoms with Crippen molar-refractivity contribution in [2.45, 2.75) is 57.8 Å². The molecule has 42 heavy (non-hydrogen) atoms. The van der Waals surface area contributed by atoms with Crippen molar-refractivity contribution in [1.82, 2.24) is 0 Å². The van der Waals surface area contributed by atoms with Crippen molar-refractivity contribution in [2.24, 2.45) is 0 Å². The molecule has 6 aromatic rings. The van der Waals surface area contributed by atoms with E-state index in [2.05, 4.69) is 139 Å². The highest BCUT2D eigenvalue weighted by Gasteiger charge is 2.44. The Morgan fingerprint density at radius 1 is 0.405 bits per heavy atom. The molecule has 0 atom stereocenters. The fourth-order valence-corrected chi connectivity index (χ4v) is 9.49. The molecule has 0 fully saturated rings. The Bertz CT molecular complexity index is 2130. The Morgan fingerprint density at radius 2 is 0.881 bits per heavy atom. The van der Waals surface area contributed by atoms with Crippen molar-refractivity contribution in [2.75, 3.05) is 0 Å². The normalized spacial score (nSPS) is 17.4. The third kappa shape index (κ3) is 2.93. The molecule has 3 aliphatic carbocycles. The van der Waals surface area contributed by atoms with E-state index >= 15 is 0 Å². The van der Waals surface area contributed by atoms with E-state index < -0.39 is 0 Å². The predicted octanol–water partition coefficient (Wildman–Crippen LogP) is 11.5. The zero-order chi connectivity index (χ0) is 28.8. The second kappa shape index (κ2) is 7.71. The van der Waals surface area contributed by atoms with Crippen LogP contribution in [0.1, 0.15) is 74.9 Å². The maximum Gasteiger partial charge on any atom is 0.0355 e. The van der Waals surface area contributed by atoms with E-state index in [9.17, 15) is 0 Å². The lowest BCUT2D eigenvalue weighted by atomic mass is 9.78. The van der Waals surface area contributed by atoms with E-state index in [4.69, 9.17) is 0 Å². The Labute approximate surface area is 252 Å². The van der Waals surface area contributed by atoms with E-state index in [1.165, 1.54) is 87.3 Å². The van der Waals surface area contributed by atoms with Crippen LogP contribution in [0.3, 0.4) is 0 Å². The first-order chi connectivity index (χ1) is 20.1. The van der Waals surface area contributed by atoms with E-state index in [0.29, 0.717) is 0 Å². The predicted molar refractivity (Wildman–Crippen MR) is 180 cm³/mol. The van der Waals surface area contributed by atoms with Crippen LogP contribution in [-0.4, -0.2) is 0 Å². The zero-order valence-electron chi connectivity index (χ0n) is 25.1. The molecule has 3 aliphatic rings. The number of fused-ring (bicyclic) bond motifs is 10. The Hall–Kier alpha value is -3.94. The van der Waals surface area contributed by atoms with Crippen molar-refractivity contribution < 1.29 is 0 Å². The third-order valence-electron chi connectivity index (χ3n) is 10.9. The molecule has 1 aromatic heterocycles. The van der Waals surface area contributed by atoms with Gasteiger partial charge in [0.05, 0.1) is 0 Å². The van der Waals surface area contributed by atoms with Gasteiger partial charge in [0.25, 0.3) is 0 Å². The fourth-order valence-electron chi connectivity index (χ4n) is 8.43. The first kappa shape index (κ1) is 24.6. The van der Waals surface area contributed by atoms with Crippen LogP contribution in [0.5, 0.6) is 0 Å². The fraction of sp³-hybridized carbons (Fsp3) is 0.220. The number of hydrogen-bond donors (Lipinski definition) is 0. The summed E-state index contributed by atoms with van der Waals surface area (Å²) in [6, 6.07) is 37.4. The summed E-state index contributed by atoms with van der Waals surface area (Å²) in [5, 5.41) is 1.33. The minimum absolute atomic E-state index is 0.00306. The first-order valence-electron chi connectivity index (χ1n) is 15.2. The molecule has 204 valence electrons. The summed E-state index contributed by atoms with van der Waals surface area (Å²) in [5.74, 6) is 0. The van der Waals surface area contributed by atoms with Crippen molar-refractivity contribution in [1.29, 1.82) is 0 Å². The van der Waals surface area contributed by atoms with Crippen molar-refractivity contribution in [3.8, 4) is 43.8 Å². The van der Waals surface area contributed by atoms with Crippen LogP contribution in [-0.2, 0) is 16.2 Å². The molecule has 0 unspecified atom stereocenters. The van der Waals surface area contributed by atoms with Crippen LogP contribution < -0.4 is 0 Å². The summed E-state index contributed by atoms with van der Waals surface area (Å²) < 4.78 is 1.35. The molecule has 0 aliphatic heterocycles. The molecule has 0 saturated heterocycles. The van der Waals surface area contributed by atoms with Crippen LogP contribution in [0.4, 0.5) is 0 Å². The average Bonchev–Trinajstić information content (AvgIpc) is 3.64. The van der Waals surface area contributed by atoms with Crippen molar-refractivity contribution in [3.05, 3.63) is 130 Å². The second-order valence-corrected chi connectivity index (χ2v) is 15.3. The van der Waals surface area contributed by atoms with Gasteiger partial charge in [-0.1, -0.05) is 96.1 Å². The quantitative estimate of drug-likeness (QED) is 0.188. The van der Waals surface area contributed by atoms with E-state index in [0.717, 1.165) is 0 Å². The minimum Gasteiger partial charge on any atom is -0.135 e. The smallest absolute Gasteiger partial charge is 0.0355 e. The molecule has 0 radical (unpaired) electrons. The Balaban J connectivity index is 1.22. The van der Waals surface area contributed by atoms with Gasteiger partial charge in [0.15, 0.2) is 0 Å². The van der Waals surface area contributed by atoms with Crippen molar-refractivity contribution >= 4 is 21.4 Å². The zero-order valence-corrected chi connectivity index (χ0v) is 26.0. The molecule has 1 heterocycles. The molecule has 0 bridgehead atoms. The molecule has 0 N–H and O–H groups in total. The summed E-state index contributed by atoms with van der Waals surface area (Å²) in [7, 11) is 0. The number of rotatable bonds is 1. The van der Waals surface area contributed by atoms with E-state index in [1.807, 2.05) is 11.3 Å². The van der Waals surface area contributed by atoms with Gasteiger partial charge in [-0.3, -0.25) is 0 Å². The summed E-state index contributed by atoms with van der Waals surface area (Å²) in [4.78, 5) is 1.35. The molecular formula is C41H34S. The third-order valence-corrected chi connectivity index (χ3v) is 12.0. The van der Waals surface area contributed by atoms with Gasteiger partial charge in [-0.05, 0) is 120 Å². The monoisotopic (exact) mass is 558 g/mol. The van der Waals surface area contributed by atoms with Gasteiger partial charge in [0.1, 0.15) is 0 Å². The molecule has 0 amide bonds. The van der Waals surface area contributed by atoms with Crippen LogP contribution >= 0.6 is 11.3 Å². The summed E-state index contributed by atoms with van der Waals surface area (Å²) in [6.07, 6.45) is 0. The van der Waals surface area contributed by atoms with Gasteiger partial charge in [-0.2, -0.15) is 0 Å². The van der Waals surface area contributed by atoms with Gasteiger partial charge in [-0.25, -0.2) is 0 Å². The second-order valence-electron chi connectivity index (χ2n) is 14.2. The maximum atomic E-state index is 2.55. The van der Waals surface area contributed by atoms with Gasteiger partial charge in [0.2, 0.25) is 0 Å². The summed E-state index contributed by atoms with van der Waals surface area (Å²) in [6.45, 7) is 14.5. The Kier molecular flexibility index (Phi) is 4.52. The van der Waals surface area contributed by atoms with Gasteiger partial charge in [0, 0.05) is 25.8 Å². The Morgan fingerprint density at radius 3 is 1.50 bits per heavy atom. The van der Waals surface area contributed by atoms with Gasteiger partial charge in [-0.15, -0.1) is 11.3 Å². The van der Waals surface area contributed by atoms with Crippen LogP contribution in [0, 0.1) is 0 Å². The SMILES string of the molecule is CC1(C)c2ccccc2-c2cc3c(cc21)-c1cc2c(cc1C3(C)C)-c1ccc(-c3cc4ccccc4s3)cc1C2(C)C. The van der Waals surface area contributed by atoms with Gasteiger partial charge >= 0.3 is 0 Å². The molecule has 5 aromatic carbocycles. The lowest BCUT2D eigenvalue weighted by Crippen LogP contribution is -2.17. The molecular weight excluding hydrogens is 525 g/mol. The number of benzene rings is 5. The van der Waals surface area contributed by atoms with E-state index in [-0.39, 0.29) is 16.2 Å². The number of hydrogen-bond acceptors (Lipinski definition) is 1. The lowest BCUT2D eigenvalue weighted by molar-refractivity contribution is 0.649. The average molecular weight is 559 g/mol. The highest BCUT2D eigenvalue weighted by atomic mass is 32.1. The standard InChI is InChI=1S/C41H34S/c1-39(2)31-13-9-8-12-25(31)27-19-35-29(21-33(27)39)30-22-34-28(20-36(30)41(35,5)6)26-16-15-24(17-32(26)40(34,3)4)38-18-23-11-7-10-14-37(23)42-38/h7-22H,1-6H3. The summed E-state index contributed by atoms with van der Waals surface area (Å²) in [5.41, 5.74) is 18.4. The van der Waals surface area contributed by atoms with Crippen LogP contribution in [0.15, 0.2) is 97.1 Å². The first-order valence-corrected chi connectivity index (χ1v) is 16.0. The highest BCUT2D eigenvalue weighted by molar-refractivity contribution is 7.22. The maximum absolute atomic E-state index is 2.55. The van der Waals surface area contributed by atoms with Crippen LogP contribution in [0.25, 0.3) is 53.9 Å². The summed E-state index contributed by atoms with van der Waals surface area (Å²) >= 11 is 1.89. The van der Waals surface area contributed by atoms with E-state index in [1.54, 1.807) is 0 Å². The van der Waals surface area contributed by atoms with Crippen LogP contribution in [0.2, 0.25) is 0 Å². The molecule has 9 rings (SSSR count). The lowest BCUT2D eigenvalue weighted by Gasteiger charge is -2.25. The minimum atomic E-state index is -0.0640. The largest absolute Gasteiger partial charge is 0.135 e. The molecule has 0 saturated carbocycles. The molecule has 1 heteroatoms. The highest BCUT2D eigenvalue weighted by Crippen LogP contribution is 2.59. The molecule has 0 nitrogen and oxygen atoms in total. The number of thiophene rings is 1. The topological polar surface area (TPSA) is 0 Å².